The molecule has 15 heavy (non-hydrogen) atoms. The van der Waals surface area contributed by atoms with E-state index >= 15 is 0 Å². The number of unbranched alkanes of at least 4 members (excludes halogenated alkanes) is 2. The van der Waals surface area contributed by atoms with Crippen molar-refractivity contribution in [2.75, 3.05) is 12.3 Å². The van der Waals surface area contributed by atoms with E-state index in [-0.39, 0.29) is 101 Å². The van der Waals surface area contributed by atoms with Crippen molar-refractivity contribution in [2.24, 2.45) is 0 Å². The molecule has 0 aliphatic rings. The van der Waals surface area contributed by atoms with Gasteiger partial charge in [-0.25, -0.2) is 0 Å². The van der Waals surface area contributed by atoms with Gasteiger partial charge in [0.2, 0.25) is 0 Å². The Hall–Kier alpha value is 3.31. The van der Waals surface area contributed by atoms with Gasteiger partial charge in [-0.2, -0.15) is 0 Å². The second-order valence-corrected chi connectivity index (χ2v) is 6.71. The molecule has 0 heterocycles. The zero-order valence-corrected chi connectivity index (χ0v) is 17.8. The van der Waals surface area contributed by atoms with Crippen LogP contribution in [0.4, 0.5) is 0 Å². The summed E-state index contributed by atoms with van der Waals surface area (Å²) in [5, 5.41) is 0. The van der Waals surface area contributed by atoms with Gasteiger partial charge in [0.15, 0.2) is 0 Å². The standard InChI is InChI=1S/C8H18O3P.3Na/c1-3-5-7-12(9,10,11)8-6-4-2;;;/h3-8H2,1-2H3;;;/q-3;3*+1. The summed E-state index contributed by atoms with van der Waals surface area (Å²) in [4.78, 5) is 33.6. The first-order valence-electron chi connectivity index (χ1n) is 4.59. The molecule has 0 aromatic heterocycles. The molecule has 0 aliphatic heterocycles. The summed E-state index contributed by atoms with van der Waals surface area (Å²) in [7, 11) is -4.96. The summed E-state index contributed by atoms with van der Waals surface area (Å²) in [6, 6.07) is 0. The normalized spacial score (nSPS) is 12.5. The van der Waals surface area contributed by atoms with Gasteiger partial charge in [0.1, 0.15) is 0 Å². The van der Waals surface area contributed by atoms with E-state index in [1.807, 2.05) is 13.8 Å². The molecule has 0 saturated carbocycles. The minimum Gasteiger partial charge on any atom is 1.00 e. The summed E-state index contributed by atoms with van der Waals surface area (Å²) in [6.45, 7) is 3.76. The molecule has 76 valence electrons. The summed E-state index contributed by atoms with van der Waals surface area (Å²) in [6.07, 6.45) is 2.19. The molecule has 0 N–H and O–H groups in total. The van der Waals surface area contributed by atoms with Gasteiger partial charge in [-0.1, -0.05) is 0 Å². The molecule has 7 heteroatoms. The Kier molecular flexibility index (Phi) is 22.1. The fourth-order valence-electron chi connectivity index (χ4n) is 1.04. The van der Waals surface area contributed by atoms with Gasteiger partial charge in [0.05, 0.1) is 0 Å². The Bertz CT molecular complexity index is 127. The van der Waals surface area contributed by atoms with Gasteiger partial charge in [-0.15, -0.1) is 0 Å². The van der Waals surface area contributed by atoms with Gasteiger partial charge < -0.3 is 0 Å². The van der Waals surface area contributed by atoms with E-state index in [9.17, 15) is 14.7 Å². The van der Waals surface area contributed by atoms with E-state index < -0.39 is 7.28 Å². The van der Waals surface area contributed by atoms with Crippen LogP contribution in [0.1, 0.15) is 39.5 Å². The summed E-state index contributed by atoms with van der Waals surface area (Å²) < 4.78 is 0. The van der Waals surface area contributed by atoms with Crippen molar-refractivity contribution >= 4 is 7.28 Å². The van der Waals surface area contributed by atoms with Crippen molar-refractivity contribution in [3.05, 3.63) is 0 Å². The topological polar surface area (TPSA) is 69.2 Å². The average Bonchev–Trinajstić information content (AvgIpc) is 1.97. The van der Waals surface area contributed by atoms with Crippen LogP contribution >= 0.6 is 7.28 Å². The van der Waals surface area contributed by atoms with Gasteiger partial charge in [-0.3, -0.25) is 0 Å². The zero-order chi connectivity index (χ0) is 9.69. The molecule has 0 radical (unpaired) electrons. The van der Waals surface area contributed by atoms with E-state index in [1.165, 1.54) is 0 Å². The number of hydrogen-bond acceptors (Lipinski definition) is 3. The fraction of sp³-hybridized carbons (Fsp3) is 1.00. The first kappa shape index (κ1) is 26.8. The summed E-state index contributed by atoms with van der Waals surface area (Å²) >= 11 is 0. The van der Waals surface area contributed by atoms with E-state index in [0.717, 1.165) is 12.8 Å². The van der Waals surface area contributed by atoms with Crippen molar-refractivity contribution < 1.29 is 103 Å². The van der Waals surface area contributed by atoms with Gasteiger partial charge >= 0.3 is 162 Å². The molecule has 0 fully saturated rings. The Balaban J connectivity index is -0.000000202. The molecule has 0 saturated heterocycles. The minimum absolute atomic E-state index is 0. The Morgan fingerprint density at radius 3 is 1.20 bits per heavy atom. The van der Waals surface area contributed by atoms with Crippen molar-refractivity contribution in [2.45, 2.75) is 39.5 Å². The predicted octanol–water partition coefficient (Wildman–Crippen LogP) is -9.02. The molecular formula is C8H18Na3O3P. The van der Waals surface area contributed by atoms with Crippen LogP contribution in [0.2, 0.25) is 0 Å². The number of hydrogen-bond donors (Lipinski definition) is 0. The Morgan fingerprint density at radius 1 is 0.733 bits per heavy atom. The fourth-order valence-corrected chi connectivity index (χ4v) is 3.12. The first-order chi connectivity index (χ1) is 5.39. The van der Waals surface area contributed by atoms with Crippen molar-refractivity contribution in [3.63, 3.8) is 0 Å². The van der Waals surface area contributed by atoms with Crippen LogP contribution in [0.5, 0.6) is 0 Å². The van der Waals surface area contributed by atoms with Crippen LogP contribution in [-0.4, -0.2) is 12.3 Å². The molecule has 0 amide bonds. The molecule has 0 unspecified atom stereocenters. The van der Waals surface area contributed by atoms with Crippen LogP contribution < -0.4 is 103 Å². The second kappa shape index (κ2) is 12.3. The van der Waals surface area contributed by atoms with Crippen molar-refractivity contribution in [1.82, 2.24) is 0 Å². The molecule has 0 aromatic carbocycles. The van der Waals surface area contributed by atoms with Crippen LogP contribution in [0.15, 0.2) is 0 Å². The zero-order valence-electron chi connectivity index (χ0n) is 10.9. The van der Waals surface area contributed by atoms with Crippen LogP contribution in [0.3, 0.4) is 0 Å². The molecule has 3 nitrogen and oxygen atoms in total. The Morgan fingerprint density at radius 2 is 1.00 bits per heavy atom. The third-order valence-electron chi connectivity index (χ3n) is 1.89. The molecule has 0 aliphatic carbocycles. The van der Waals surface area contributed by atoms with Gasteiger partial charge in [0, 0.05) is 0 Å². The molecule has 0 bridgehead atoms. The maximum atomic E-state index is 11.2. The third-order valence-corrected chi connectivity index (χ3v) is 4.25. The van der Waals surface area contributed by atoms with Gasteiger partial charge in [0.25, 0.3) is 0 Å². The molecular weight excluding hydrogens is 244 g/mol. The summed E-state index contributed by atoms with van der Waals surface area (Å²) in [5.74, 6) is 0. The molecule has 0 spiro atoms. The maximum absolute atomic E-state index is 11.2. The van der Waals surface area contributed by atoms with Crippen LogP contribution in [0, 0.1) is 0 Å². The maximum Gasteiger partial charge on any atom is 1.00 e. The van der Waals surface area contributed by atoms with Crippen molar-refractivity contribution in [1.29, 1.82) is 0 Å². The molecule has 0 atom stereocenters. The monoisotopic (exact) mass is 262 g/mol. The van der Waals surface area contributed by atoms with Crippen LogP contribution in [-0.2, 0) is 0 Å². The largest absolute Gasteiger partial charge is 1.00 e. The minimum atomic E-state index is -4.96. The van der Waals surface area contributed by atoms with Crippen molar-refractivity contribution in [3.8, 4) is 0 Å². The van der Waals surface area contributed by atoms with E-state index in [2.05, 4.69) is 0 Å². The van der Waals surface area contributed by atoms with Crippen LogP contribution in [0.25, 0.3) is 0 Å². The SMILES string of the molecule is CCCCP([O-])([O-])([O-])CCCC.[Na+].[Na+].[Na+]. The van der Waals surface area contributed by atoms with E-state index in [4.69, 9.17) is 0 Å². The van der Waals surface area contributed by atoms with E-state index in [0.29, 0.717) is 12.8 Å². The average molecular weight is 262 g/mol. The summed E-state index contributed by atoms with van der Waals surface area (Å²) in [5.41, 5.74) is 0. The Labute approximate surface area is 160 Å². The third kappa shape index (κ3) is 17.3. The first-order valence-corrected chi connectivity index (χ1v) is 6.95. The molecule has 0 rings (SSSR count). The van der Waals surface area contributed by atoms with Gasteiger partial charge in [-0.05, 0) is 0 Å². The predicted molar refractivity (Wildman–Crippen MR) is 46.5 cm³/mol. The molecule has 0 aromatic rings. The quantitative estimate of drug-likeness (QED) is 0.352. The smallest absolute Gasteiger partial charge is 1.00 e. The number of rotatable bonds is 6. The van der Waals surface area contributed by atoms with E-state index in [1.54, 1.807) is 0 Å². The second-order valence-electron chi connectivity index (χ2n) is 3.38.